The van der Waals surface area contributed by atoms with Crippen molar-refractivity contribution in [1.82, 2.24) is 4.98 Å². The molecule has 3 rings (SSSR count). The average molecular weight is 522 g/mol. The predicted molar refractivity (Wildman–Crippen MR) is 137 cm³/mol. The maximum Gasteiger partial charge on any atom is 0.309 e. The van der Waals surface area contributed by atoms with Crippen LogP contribution in [0.2, 0.25) is 0 Å². The minimum Gasteiger partial charge on any atom is -0.458 e. The van der Waals surface area contributed by atoms with Gasteiger partial charge < -0.3 is 19.7 Å². The van der Waals surface area contributed by atoms with Crippen LogP contribution in [-0.4, -0.2) is 63.3 Å². The predicted octanol–water partition coefficient (Wildman–Crippen LogP) is 3.98. The molecule has 2 fully saturated rings. The van der Waals surface area contributed by atoms with Gasteiger partial charge >= 0.3 is 5.97 Å². The number of hydrogen-bond donors (Lipinski definition) is 2. The lowest BCUT2D eigenvalue weighted by Gasteiger charge is -2.34. The van der Waals surface area contributed by atoms with Gasteiger partial charge in [-0.3, -0.25) is 14.4 Å². The fraction of sp³-hybridized carbons (Fsp3) is 0.704. The maximum atomic E-state index is 13.2. The summed E-state index contributed by atoms with van der Waals surface area (Å²) in [5.41, 5.74) is -0.225. The molecule has 3 heterocycles. The first-order valence-corrected chi connectivity index (χ1v) is 13.5. The summed E-state index contributed by atoms with van der Waals surface area (Å²) >= 11 is 1.24. The Morgan fingerprint density at radius 3 is 2.56 bits per heavy atom. The molecule has 0 saturated carbocycles. The molecule has 0 aliphatic carbocycles. The van der Waals surface area contributed by atoms with Gasteiger partial charge in [0.05, 0.1) is 41.4 Å². The number of aromatic nitrogens is 1. The van der Waals surface area contributed by atoms with E-state index in [-0.39, 0.29) is 29.8 Å². The van der Waals surface area contributed by atoms with Gasteiger partial charge in [-0.1, -0.05) is 34.1 Å². The summed E-state index contributed by atoms with van der Waals surface area (Å²) in [6.45, 7) is 10.7. The number of carbonyl (C=O) groups is 3. The van der Waals surface area contributed by atoms with Crippen LogP contribution in [-0.2, 0) is 19.1 Å². The second-order valence-electron chi connectivity index (χ2n) is 11.2. The summed E-state index contributed by atoms with van der Waals surface area (Å²) in [5, 5.41) is 23.8. The van der Waals surface area contributed by atoms with E-state index in [2.05, 4.69) is 4.98 Å². The van der Waals surface area contributed by atoms with Crippen LogP contribution in [0, 0.1) is 17.3 Å². The number of carbonyl (C=O) groups excluding carboxylic acids is 3. The van der Waals surface area contributed by atoms with Crippen LogP contribution in [0.5, 0.6) is 0 Å². The Morgan fingerprint density at radius 1 is 1.22 bits per heavy atom. The lowest BCUT2D eigenvalue weighted by Crippen LogP contribution is -2.45. The smallest absolute Gasteiger partial charge is 0.309 e. The van der Waals surface area contributed by atoms with Crippen molar-refractivity contribution in [3.05, 3.63) is 21.7 Å². The summed E-state index contributed by atoms with van der Waals surface area (Å²) in [6, 6.07) is 0. The van der Waals surface area contributed by atoms with E-state index in [9.17, 15) is 24.6 Å². The number of Topliss-reactive ketones (excluding diaryl/α,β-unsaturated/α-hetero) is 1. The number of aliphatic hydroxyl groups is 2. The molecule has 36 heavy (non-hydrogen) atoms. The summed E-state index contributed by atoms with van der Waals surface area (Å²) in [7, 11) is 0. The van der Waals surface area contributed by atoms with Gasteiger partial charge in [0, 0.05) is 17.7 Å². The number of rotatable bonds is 3. The highest BCUT2D eigenvalue weighted by Crippen LogP contribution is 2.45. The van der Waals surface area contributed by atoms with E-state index < -0.39 is 35.6 Å². The van der Waals surface area contributed by atoms with E-state index in [4.69, 9.17) is 9.47 Å². The number of epoxide rings is 1. The van der Waals surface area contributed by atoms with Gasteiger partial charge in [-0.2, -0.15) is 0 Å². The third-order valence-electron chi connectivity index (χ3n) is 7.93. The van der Waals surface area contributed by atoms with E-state index in [0.29, 0.717) is 23.4 Å². The molecule has 0 unspecified atom stereocenters. The van der Waals surface area contributed by atoms with E-state index in [1.54, 1.807) is 32.2 Å². The zero-order valence-corrected chi connectivity index (χ0v) is 22.8. The van der Waals surface area contributed by atoms with Crippen LogP contribution in [0.15, 0.2) is 11.0 Å². The summed E-state index contributed by atoms with van der Waals surface area (Å²) in [6.07, 6.45) is 2.12. The molecule has 0 spiro atoms. The first-order chi connectivity index (χ1) is 16.8. The largest absolute Gasteiger partial charge is 0.458 e. The second kappa shape index (κ2) is 11.2. The average Bonchev–Trinajstić information content (AvgIpc) is 3.23. The van der Waals surface area contributed by atoms with Crippen molar-refractivity contribution >= 4 is 35.5 Å². The van der Waals surface area contributed by atoms with E-state index >= 15 is 0 Å². The lowest BCUT2D eigenvalue weighted by atomic mass is 9.73. The first kappa shape index (κ1) is 28.6. The summed E-state index contributed by atoms with van der Waals surface area (Å²) in [4.78, 5) is 41.4. The third kappa shape index (κ3) is 6.49. The number of esters is 1. The van der Waals surface area contributed by atoms with Crippen molar-refractivity contribution in [3.8, 4) is 0 Å². The number of aliphatic hydroxyl groups excluding tert-OH is 2. The minimum absolute atomic E-state index is 0.0946. The number of hydrogen-bond acceptors (Lipinski definition) is 9. The van der Waals surface area contributed by atoms with Gasteiger partial charge in [0.2, 0.25) is 0 Å². The number of ether oxygens (including phenoxy) is 2. The highest BCUT2D eigenvalue weighted by molar-refractivity contribution is 7.11. The van der Waals surface area contributed by atoms with Crippen LogP contribution in [0.3, 0.4) is 0 Å². The Balaban J connectivity index is 1.86. The van der Waals surface area contributed by atoms with Gasteiger partial charge in [0.15, 0.2) is 11.3 Å². The van der Waals surface area contributed by atoms with E-state index in [0.717, 1.165) is 24.8 Å². The third-order valence-corrected chi connectivity index (χ3v) is 8.72. The quantitative estimate of drug-likeness (QED) is 0.347. The van der Waals surface area contributed by atoms with Crippen molar-refractivity contribution in [2.75, 3.05) is 0 Å². The molecule has 2 aliphatic heterocycles. The molecule has 9 heteroatoms. The van der Waals surface area contributed by atoms with Gasteiger partial charge in [-0.05, 0) is 44.3 Å². The molecule has 8 nitrogen and oxygen atoms in total. The molecule has 2 saturated heterocycles. The van der Waals surface area contributed by atoms with Crippen molar-refractivity contribution in [3.63, 3.8) is 0 Å². The van der Waals surface area contributed by atoms with Crippen molar-refractivity contribution in [1.29, 1.82) is 0 Å². The van der Waals surface area contributed by atoms with Crippen molar-refractivity contribution < 1.29 is 34.1 Å². The topological polar surface area (TPSA) is 126 Å². The normalized spacial score (nSPS) is 36.6. The lowest BCUT2D eigenvalue weighted by molar-refractivity contribution is -0.154. The first-order valence-electron chi connectivity index (χ1n) is 12.6. The number of ketones is 1. The minimum atomic E-state index is -1.27. The molecule has 200 valence electrons. The van der Waals surface area contributed by atoms with Gasteiger partial charge in [0.1, 0.15) is 11.9 Å². The Bertz CT molecular complexity index is 1000. The molecule has 0 bridgehead atoms. The highest BCUT2D eigenvalue weighted by Gasteiger charge is 2.53. The van der Waals surface area contributed by atoms with Gasteiger partial charge in [0.25, 0.3) is 0 Å². The number of fused-ring (bicyclic) bond motifs is 1. The molecule has 2 aliphatic rings. The molecule has 7 atom stereocenters. The van der Waals surface area contributed by atoms with Crippen LogP contribution >= 0.6 is 11.3 Å². The zero-order valence-electron chi connectivity index (χ0n) is 22.0. The van der Waals surface area contributed by atoms with Crippen LogP contribution < -0.4 is 0 Å². The number of aldehydes is 1. The monoisotopic (exact) mass is 521 g/mol. The Labute approximate surface area is 217 Å². The molecular formula is C27H39NO7S. The molecule has 0 radical (unpaired) electrons. The number of nitrogens with zero attached hydrogens (tertiary/aromatic N) is 1. The fourth-order valence-corrected chi connectivity index (χ4v) is 5.62. The summed E-state index contributed by atoms with van der Waals surface area (Å²) < 4.78 is 11.9. The van der Waals surface area contributed by atoms with Gasteiger partial charge in [-0.25, -0.2) is 4.98 Å². The van der Waals surface area contributed by atoms with Crippen LogP contribution in [0.4, 0.5) is 0 Å². The van der Waals surface area contributed by atoms with Crippen LogP contribution in [0.1, 0.15) is 89.1 Å². The number of thiazole rings is 1. The Hall–Kier alpha value is -1.94. The fourth-order valence-electron chi connectivity index (χ4n) is 5.04. The van der Waals surface area contributed by atoms with Crippen molar-refractivity contribution in [2.24, 2.45) is 17.3 Å². The van der Waals surface area contributed by atoms with Crippen molar-refractivity contribution in [2.45, 2.75) is 104 Å². The van der Waals surface area contributed by atoms with Crippen LogP contribution in [0.25, 0.3) is 6.08 Å². The standard InChI is InChI=1S/C27H39NO7S/c1-15-8-7-9-27(6)21(35-27)11-19(16(2)10-18-14-36-22(13-29)28-18)34-23(31)12-20(30)26(4,5)25(33)17(3)24(15)32/h10,13-15,17,19-21,24,30,32H,7-9,11-12H2,1-6H3/t15-,17+,19-,20-,21+,24-,27+/m1/s1. The Kier molecular flexibility index (Phi) is 8.91. The molecule has 0 aromatic carbocycles. The van der Waals surface area contributed by atoms with Gasteiger partial charge in [-0.15, -0.1) is 11.3 Å². The molecular weight excluding hydrogens is 482 g/mol. The zero-order chi connectivity index (χ0) is 26.8. The van der Waals surface area contributed by atoms with E-state index in [1.165, 1.54) is 11.3 Å². The molecule has 0 amide bonds. The molecule has 2 N–H and O–H groups in total. The summed E-state index contributed by atoms with van der Waals surface area (Å²) in [5.74, 6) is -1.68. The maximum absolute atomic E-state index is 13.2. The SMILES string of the molecule is CC(=Cc1csc(C=O)n1)[C@H]1C[C@@H]2O[C@@]2(C)CCC[C@@H](C)[C@@H](O)[C@H](C)C(=O)C(C)(C)[C@H](O)CC(=O)O1. The molecule has 1 aromatic heterocycles. The molecule has 1 aromatic rings. The highest BCUT2D eigenvalue weighted by atomic mass is 32.1. The Morgan fingerprint density at radius 2 is 1.92 bits per heavy atom. The second-order valence-corrected chi connectivity index (χ2v) is 12.1. The van der Waals surface area contributed by atoms with E-state index in [1.807, 2.05) is 20.8 Å². The number of cyclic esters (lactones) is 1.